The number of allylic oxidation sites excluding steroid dienone is 3. The first-order chi connectivity index (χ1) is 12.1. The van der Waals surface area contributed by atoms with E-state index in [9.17, 15) is 8.78 Å². The predicted molar refractivity (Wildman–Crippen MR) is 102 cm³/mol. The van der Waals surface area contributed by atoms with Crippen LogP contribution >= 0.6 is 0 Å². The van der Waals surface area contributed by atoms with Crippen molar-refractivity contribution in [1.82, 2.24) is 0 Å². The Bertz CT molecular complexity index is 780. The Morgan fingerprint density at radius 3 is 2.52 bits per heavy atom. The smallest absolute Gasteiger partial charge is 0.166 e. The summed E-state index contributed by atoms with van der Waals surface area (Å²) in [5, 5.41) is 1.20. The van der Waals surface area contributed by atoms with Crippen LogP contribution in [0.3, 0.4) is 0 Å². The first kappa shape index (κ1) is 17.8. The van der Waals surface area contributed by atoms with Crippen molar-refractivity contribution in [2.45, 2.75) is 51.4 Å². The van der Waals surface area contributed by atoms with E-state index in [1.165, 1.54) is 0 Å². The largest absolute Gasteiger partial charge is 0.203 e. The molecule has 0 radical (unpaired) electrons. The SMILES string of the molecule is C=CC1CCC(c2ccc3cc(CC/C=C/C)c(F)c(F)c3c2)CC1. The lowest BCUT2D eigenvalue weighted by Crippen LogP contribution is -2.11. The second-order valence-corrected chi connectivity index (χ2v) is 7.10. The topological polar surface area (TPSA) is 0 Å². The van der Waals surface area contributed by atoms with Gasteiger partial charge in [0.25, 0.3) is 0 Å². The van der Waals surface area contributed by atoms with E-state index in [-0.39, 0.29) is 0 Å². The average Bonchev–Trinajstić information content (AvgIpc) is 2.65. The molecule has 0 aliphatic heterocycles. The Morgan fingerprint density at radius 1 is 1.08 bits per heavy atom. The molecule has 0 N–H and O–H groups in total. The summed E-state index contributed by atoms with van der Waals surface area (Å²) >= 11 is 0. The molecule has 0 aromatic heterocycles. The summed E-state index contributed by atoms with van der Waals surface area (Å²) in [7, 11) is 0. The molecule has 1 saturated carbocycles. The molecule has 3 rings (SSSR count). The summed E-state index contributed by atoms with van der Waals surface area (Å²) in [5.41, 5.74) is 1.59. The molecule has 2 aromatic rings. The zero-order chi connectivity index (χ0) is 17.8. The first-order valence-electron chi connectivity index (χ1n) is 9.28. The molecule has 0 heterocycles. The maximum absolute atomic E-state index is 14.6. The molecular formula is C23H26F2. The van der Waals surface area contributed by atoms with E-state index in [4.69, 9.17) is 0 Å². The molecule has 1 aliphatic rings. The van der Waals surface area contributed by atoms with Crippen molar-refractivity contribution in [2.75, 3.05) is 0 Å². The highest BCUT2D eigenvalue weighted by molar-refractivity contribution is 5.85. The molecule has 0 bridgehead atoms. The van der Waals surface area contributed by atoms with Crippen LogP contribution in [0.25, 0.3) is 10.8 Å². The van der Waals surface area contributed by atoms with Crippen molar-refractivity contribution in [3.8, 4) is 0 Å². The summed E-state index contributed by atoms with van der Waals surface area (Å²) in [4.78, 5) is 0. The molecule has 2 aromatic carbocycles. The zero-order valence-electron chi connectivity index (χ0n) is 14.9. The van der Waals surface area contributed by atoms with Crippen molar-refractivity contribution in [3.63, 3.8) is 0 Å². The van der Waals surface area contributed by atoms with Crippen molar-refractivity contribution >= 4 is 10.8 Å². The minimum atomic E-state index is -0.699. The van der Waals surface area contributed by atoms with E-state index in [0.717, 1.165) is 43.1 Å². The fourth-order valence-electron chi connectivity index (χ4n) is 3.93. The molecule has 0 atom stereocenters. The molecule has 0 unspecified atom stereocenters. The van der Waals surface area contributed by atoms with E-state index in [1.807, 2.05) is 37.3 Å². The number of rotatable bonds is 5. The third-order valence-corrected chi connectivity index (χ3v) is 5.51. The van der Waals surface area contributed by atoms with Gasteiger partial charge in [0, 0.05) is 5.39 Å². The molecule has 0 amide bonds. The number of hydrogen-bond donors (Lipinski definition) is 0. The molecule has 25 heavy (non-hydrogen) atoms. The molecule has 1 fully saturated rings. The van der Waals surface area contributed by atoms with E-state index < -0.39 is 11.6 Å². The van der Waals surface area contributed by atoms with Crippen LogP contribution in [0.5, 0.6) is 0 Å². The van der Waals surface area contributed by atoms with Crippen LogP contribution in [0.2, 0.25) is 0 Å². The fourth-order valence-corrected chi connectivity index (χ4v) is 3.93. The van der Waals surface area contributed by atoms with Gasteiger partial charge in [0.2, 0.25) is 0 Å². The number of benzene rings is 2. The Hall–Kier alpha value is -1.96. The van der Waals surface area contributed by atoms with E-state index in [0.29, 0.717) is 29.2 Å². The van der Waals surface area contributed by atoms with Crippen molar-refractivity contribution in [1.29, 1.82) is 0 Å². The molecule has 0 spiro atoms. The predicted octanol–water partition coefficient (Wildman–Crippen LogP) is 7.09. The van der Waals surface area contributed by atoms with Gasteiger partial charge >= 0.3 is 0 Å². The van der Waals surface area contributed by atoms with Gasteiger partial charge in [-0.3, -0.25) is 0 Å². The zero-order valence-corrected chi connectivity index (χ0v) is 14.9. The van der Waals surface area contributed by atoms with Crippen LogP contribution < -0.4 is 0 Å². The lowest BCUT2D eigenvalue weighted by Gasteiger charge is -2.27. The van der Waals surface area contributed by atoms with Gasteiger partial charge < -0.3 is 0 Å². The van der Waals surface area contributed by atoms with E-state index >= 15 is 0 Å². The summed E-state index contributed by atoms with van der Waals surface area (Å²) in [6, 6.07) is 7.71. The lowest BCUT2D eigenvalue weighted by molar-refractivity contribution is 0.376. The standard InChI is InChI=1S/C23H26F2/c1-3-5-6-7-20-14-19-13-12-18(15-21(19)23(25)22(20)24)17-10-8-16(4-2)9-11-17/h3-5,12-17H,2,6-11H2,1H3/b5-3+. The van der Waals surface area contributed by atoms with Crippen LogP contribution in [-0.2, 0) is 6.42 Å². The van der Waals surface area contributed by atoms with Crippen molar-refractivity contribution in [3.05, 3.63) is 71.8 Å². The highest BCUT2D eigenvalue weighted by atomic mass is 19.2. The van der Waals surface area contributed by atoms with Crippen molar-refractivity contribution in [2.24, 2.45) is 5.92 Å². The Kier molecular flexibility index (Phi) is 5.67. The minimum Gasteiger partial charge on any atom is -0.203 e. The second-order valence-electron chi connectivity index (χ2n) is 7.10. The summed E-state index contributed by atoms with van der Waals surface area (Å²) < 4.78 is 29.0. The van der Waals surface area contributed by atoms with Gasteiger partial charge in [0.15, 0.2) is 11.6 Å². The molecule has 132 valence electrons. The normalized spacial score (nSPS) is 21.1. The highest BCUT2D eigenvalue weighted by Crippen LogP contribution is 2.37. The van der Waals surface area contributed by atoms with E-state index in [1.54, 1.807) is 6.07 Å². The number of aryl methyl sites for hydroxylation is 1. The fraction of sp³-hybridized carbons (Fsp3) is 0.391. The van der Waals surface area contributed by atoms with Crippen LogP contribution in [0.4, 0.5) is 8.78 Å². The minimum absolute atomic E-state index is 0.413. The number of fused-ring (bicyclic) bond motifs is 1. The molecular weight excluding hydrogens is 314 g/mol. The van der Waals surface area contributed by atoms with Crippen molar-refractivity contribution < 1.29 is 8.78 Å². The quantitative estimate of drug-likeness (QED) is 0.510. The van der Waals surface area contributed by atoms with Crippen LogP contribution in [0, 0.1) is 17.6 Å². The average molecular weight is 340 g/mol. The van der Waals surface area contributed by atoms with Crippen LogP contribution in [0.15, 0.2) is 49.1 Å². The van der Waals surface area contributed by atoms with Gasteiger partial charge in [-0.15, -0.1) is 6.58 Å². The molecule has 0 nitrogen and oxygen atoms in total. The first-order valence-corrected chi connectivity index (χ1v) is 9.28. The summed E-state index contributed by atoms with van der Waals surface area (Å²) in [6.07, 6.45) is 11.6. The van der Waals surface area contributed by atoms with Gasteiger partial charge in [-0.1, -0.05) is 30.4 Å². The van der Waals surface area contributed by atoms with E-state index in [2.05, 4.69) is 12.6 Å². The van der Waals surface area contributed by atoms with Gasteiger partial charge in [-0.25, -0.2) is 8.78 Å². The third-order valence-electron chi connectivity index (χ3n) is 5.51. The molecule has 2 heteroatoms. The number of halogens is 2. The maximum Gasteiger partial charge on any atom is 0.166 e. The second kappa shape index (κ2) is 7.95. The summed E-state index contributed by atoms with van der Waals surface area (Å²) in [6.45, 7) is 5.82. The van der Waals surface area contributed by atoms with Gasteiger partial charge in [-0.05, 0) is 85.9 Å². The van der Waals surface area contributed by atoms with Gasteiger partial charge in [0.1, 0.15) is 0 Å². The Labute approximate surface area is 149 Å². The van der Waals surface area contributed by atoms with Gasteiger partial charge in [-0.2, -0.15) is 0 Å². The molecule has 0 saturated heterocycles. The van der Waals surface area contributed by atoms with Crippen LogP contribution in [-0.4, -0.2) is 0 Å². The van der Waals surface area contributed by atoms with Crippen LogP contribution in [0.1, 0.15) is 56.1 Å². The number of hydrogen-bond acceptors (Lipinski definition) is 0. The molecule has 1 aliphatic carbocycles. The Morgan fingerprint density at radius 2 is 1.84 bits per heavy atom. The lowest BCUT2D eigenvalue weighted by atomic mass is 9.78. The monoisotopic (exact) mass is 340 g/mol. The maximum atomic E-state index is 14.6. The van der Waals surface area contributed by atoms with Gasteiger partial charge in [0.05, 0.1) is 0 Å². The highest BCUT2D eigenvalue weighted by Gasteiger charge is 2.22. The Balaban J connectivity index is 1.89. The summed E-state index contributed by atoms with van der Waals surface area (Å²) in [5.74, 6) is -0.345. The third kappa shape index (κ3) is 3.84.